The van der Waals surface area contributed by atoms with Crippen molar-refractivity contribution in [2.75, 3.05) is 24.9 Å². The lowest BCUT2D eigenvalue weighted by molar-refractivity contribution is 0.0769. The summed E-state index contributed by atoms with van der Waals surface area (Å²) in [6.07, 6.45) is 1.52. The Balaban J connectivity index is 1.65. The van der Waals surface area contributed by atoms with Gasteiger partial charge in [-0.2, -0.15) is 5.10 Å². The molecule has 2 aromatic heterocycles. The number of likely N-dealkylation sites (N-methyl/N-ethyl adjacent to an activating group) is 1. The normalized spacial score (nSPS) is 11.5. The van der Waals surface area contributed by atoms with E-state index in [1.54, 1.807) is 37.4 Å². The van der Waals surface area contributed by atoms with Gasteiger partial charge in [0.2, 0.25) is 0 Å². The van der Waals surface area contributed by atoms with E-state index < -0.39 is 10.0 Å². The van der Waals surface area contributed by atoms with Gasteiger partial charge < -0.3 is 10.0 Å². The fraction of sp³-hybridized carbons (Fsp3) is 0.136. The van der Waals surface area contributed by atoms with Crippen molar-refractivity contribution in [1.82, 2.24) is 20.1 Å². The first kappa shape index (κ1) is 24.0. The van der Waals surface area contributed by atoms with Crippen molar-refractivity contribution in [2.45, 2.75) is 4.90 Å². The Bertz CT molecular complexity index is 1470. The molecule has 0 aliphatic heterocycles. The number of amides is 1. The summed E-state index contributed by atoms with van der Waals surface area (Å²) in [5, 5.41) is 16.5. The van der Waals surface area contributed by atoms with E-state index in [0.717, 1.165) is 0 Å². The molecule has 4 aromatic rings. The summed E-state index contributed by atoms with van der Waals surface area (Å²) in [7, 11) is -2.37. The van der Waals surface area contributed by atoms with E-state index in [-0.39, 0.29) is 34.0 Å². The van der Waals surface area contributed by atoms with Gasteiger partial charge in [0.15, 0.2) is 5.65 Å². The topological polar surface area (TPSA) is 128 Å². The van der Waals surface area contributed by atoms with Crippen molar-refractivity contribution < 1.29 is 18.3 Å². The molecule has 3 N–H and O–H groups in total. The maximum atomic E-state index is 12.9. The Morgan fingerprint density at radius 2 is 1.91 bits per heavy atom. The first-order valence-electron chi connectivity index (χ1n) is 9.99. The Labute approximate surface area is 205 Å². The summed E-state index contributed by atoms with van der Waals surface area (Å²) in [5.74, 6) is -0.285. The number of anilines is 1. The molecule has 176 valence electrons. The molecule has 0 aliphatic carbocycles. The minimum Gasteiger partial charge on any atom is -0.395 e. The average molecular weight is 520 g/mol. The van der Waals surface area contributed by atoms with Gasteiger partial charge in [-0.15, -0.1) is 0 Å². The summed E-state index contributed by atoms with van der Waals surface area (Å²) in [5.41, 5.74) is 2.26. The molecule has 12 heteroatoms. The summed E-state index contributed by atoms with van der Waals surface area (Å²) < 4.78 is 28.0. The molecule has 0 radical (unpaired) electrons. The van der Waals surface area contributed by atoms with Crippen LogP contribution in [0.25, 0.3) is 22.3 Å². The highest BCUT2D eigenvalue weighted by molar-refractivity contribution is 7.92. The van der Waals surface area contributed by atoms with Gasteiger partial charge in [-0.25, -0.2) is 13.4 Å². The third kappa shape index (κ3) is 4.71. The zero-order valence-electron chi connectivity index (χ0n) is 17.8. The van der Waals surface area contributed by atoms with Crippen molar-refractivity contribution in [3.05, 3.63) is 70.3 Å². The number of nitrogens with one attached hydrogen (secondary N) is 2. The van der Waals surface area contributed by atoms with Gasteiger partial charge >= 0.3 is 0 Å². The van der Waals surface area contributed by atoms with E-state index in [4.69, 9.17) is 28.3 Å². The van der Waals surface area contributed by atoms with Gasteiger partial charge in [0, 0.05) is 24.8 Å². The maximum Gasteiger partial charge on any atom is 0.263 e. The van der Waals surface area contributed by atoms with Crippen molar-refractivity contribution in [1.29, 1.82) is 0 Å². The summed E-state index contributed by atoms with van der Waals surface area (Å²) >= 11 is 12.0. The number of carbonyl (C=O) groups is 1. The van der Waals surface area contributed by atoms with Crippen LogP contribution in [0.2, 0.25) is 10.0 Å². The number of aliphatic hydroxyl groups excluding tert-OH is 1. The Morgan fingerprint density at radius 3 is 2.62 bits per heavy atom. The van der Waals surface area contributed by atoms with Crippen LogP contribution in [0.3, 0.4) is 0 Å². The molecular formula is C22H19Cl2N5O4S. The molecule has 0 spiro atoms. The number of nitrogens with zero attached hydrogens (tertiary/aromatic N) is 3. The minimum atomic E-state index is -3.96. The lowest BCUT2D eigenvalue weighted by Gasteiger charge is -2.16. The molecule has 2 heterocycles. The number of halogens is 2. The average Bonchev–Trinajstić information content (AvgIpc) is 3.29. The van der Waals surface area contributed by atoms with Crippen LogP contribution in [-0.4, -0.2) is 59.7 Å². The summed E-state index contributed by atoms with van der Waals surface area (Å²) in [6, 6.07) is 12.5. The minimum absolute atomic E-state index is 0.0614. The molecule has 0 fully saturated rings. The van der Waals surface area contributed by atoms with Crippen LogP contribution in [-0.2, 0) is 10.0 Å². The third-order valence-electron chi connectivity index (χ3n) is 5.07. The van der Waals surface area contributed by atoms with Gasteiger partial charge in [-0.3, -0.25) is 14.6 Å². The maximum absolute atomic E-state index is 12.9. The van der Waals surface area contributed by atoms with Crippen LogP contribution >= 0.6 is 23.2 Å². The lowest BCUT2D eigenvalue weighted by Crippen LogP contribution is -2.29. The fourth-order valence-corrected chi connectivity index (χ4v) is 5.14. The molecule has 0 aliphatic rings. The van der Waals surface area contributed by atoms with Crippen molar-refractivity contribution in [3.63, 3.8) is 0 Å². The molecule has 34 heavy (non-hydrogen) atoms. The molecule has 0 unspecified atom stereocenters. The Hall–Kier alpha value is -3.18. The number of pyridine rings is 1. The number of fused-ring (bicyclic) bond motifs is 1. The largest absolute Gasteiger partial charge is 0.395 e. The number of H-pyrrole nitrogens is 1. The number of rotatable bonds is 7. The van der Waals surface area contributed by atoms with Gasteiger partial charge in [0.1, 0.15) is 4.90 Å². The number of benzene rings is 2. The molecule has 2 aromatic carbocycles. The predicted octanol–water partition coefficient (Wildman–Crippen LogP) is 3.80. The van der Waals surface area contributed by atoms with Crippen LogP contribution in [0.5, 0.6) is 0 Å². The first-order chi connectivity index (χ1) is 16.2. The quantitative estimate of drug-likeness (QED) is 0.340. The van der Waals surface area contributed by atoms with E-state index >= 15 is 0 Å². The van der Waals surface area contributed by atoms with Gasteiger partial charge in [0.05, 0.1) is 39.5 Å². The zero-order chi connectivity index (χ0) is 24.5. The summed E-state index contributed by atoms with van der Waals surface area (Å²) in [6.45, 7) is 0.0216. The molecular weight excluding hydrogens is 501 g/mol. The number of sulfonamides is 1. The van der Waals surface area contributed by atoms with E-state index in [9.17, 15) is 13.2 Å². The van der Waals surface area contributed by atoms with E-state index in [0.29, 0.717) is 33.5 Å². The van der Waals surface area contributed by atoms with Gasteiger partial charge in [0.25, 0.3) is 15.9 Å². The number of aromatic amines is 1. The highest BCUT2D eigenvalue weighted by Gasteiger charge is 2.21. The Morgan fingerprint density at radius 1 is 1.18 bits per heavy atom. The standard InChI is InChI=1S/C22H19Cl2N5O4S/c1-29(9-10-30)22(31)15-11-18(26-21-16(15)12-25-27-21)13-5-7-14(8-6-13)28-34(32,33)19-4-2-3-17(23)20(19)24/h2-8,11-12,28,30H,9-10H2,1H3,(H,25,26,27). The van der Waals surface area contributed by atoms with Crippen LogP contribution in [0.15, 0.2) is 59.6 Å². The third-order valence-corrected chi connectivity index (χ3v) is 7.43. The molecule has 4 rings (SSSR count). The number of hydrogen-bond acceptors (Lipinski definition) is 6. The van der Waals surface area contributed by atoms with Crippen molar-refractivity contribution in [3.8, 4) is 11.3 Å². The number of hydrogen-bond donors (Lipinski definition) is 3. The molecule has 1 amide bonds. The second-order valence-corrected chi connectivity index (χ2v) is 9.81. The first-order valence-corrected chi connectivity index (χ1v) is 12.2. The van der Waals surface area contributed by atoms with E-state index in [2.05, 4.69) is 19.9 Å². The lowest BCUT2D eigenvalue weighted by atomic mass is 10.1. The molecule has 0 saturated carbocycles. The molecule has 9 nitrogen and oxygen atoms in total. The SMILES string of the molecule is CN(CCO)C(=O)c1cc(-c2ccc(NS(=O)(=O)c3cccc(Cl)c3Cl)cc2)nc2[nH]ncc12. The van der Waals surface area contributed by atoms with Gasteiger partial charge in [-0.1, -0.05) is 41.4 Å². The monoisotopic (exact) mass is 519 g/mol. The van der Waals surface area contributed by atoms with Crippen LogP contribution in [0, 0.1) is 0 Å². The molecule has 0 saturated heterocycles. The second-order valence-electron chi connectivity index (χ2n) is 7.37. The van der Waals surface area contributed by atoms with E-state index in [1.165, 1.54) is 29.3 Å². The smallest absolute Gasteiger partial charge is 0.263 e. The Kier molecular flexibility index (Phi) is 6.76. The summed E-state index contributed by atoms with van der Waals surface area (Å²) in [4.78, 5) is 18.7. The highest BCUT2D eigenvalue weighted by atomic mass is 35.5. The fourth-order valence-electron chi connectivity index (χ4n) is 3.32. The molecule has 0 atom stereocenters. The van der Waals surface area contributed by atoms with Gasteiger partial charge in [-0.05, 0) is 30.3 Å². The second kappa shape index (κ2) is 9.59. The van der Waals surface area contributed by atoms with Crippen molar-refractivity contribution in [2.24, 2.45) is 0 Å². The number of aromatic nitrogens is 3. The van der Waals surface area contributed by atoms with Crippen LogP contribution < -0.4 is 4.72 Å². The zero-order valence-corrected chi connectivity index (χ0v) is 20.1. The van der Waals surface area contributed by atoms with Crippen LogP contribution in [0.1, 0.15) is 10.4 Å². The highest BCUT2D eigenvalue weighted by Crippen LogP contribution is 2.31. The van der Waals surface area contributed by atoms with Crippen LogP contribution in [0.4, 0.5) is 5.69 Å². The number of aliphatic hydroxyl groups is 1. The van der Waals surface area contributed by atoms with Crippen molar-refractivity contribution >= 4 is 55.9 Å². The molecule has 0 bridgehead atoms. The number of carbonyl (C=O) groups excluding carboxylic acids is 1. The van der Waals surface area contributed by atoms with E-state index in [1.807, 2.05) is 0 Å². The predicted molar refractivity (Wildman–Crippen MR) is 131 cm³/mol.